The second-order valence-electron chi connectivity index (χ2n) is 4.35. The van der Waals surface area contributed by atoms with E-state index in [2.05, 4.69) is 4.98 Å². The Kier molecular flexibility index (Phi) is 2.80. The molecule has 3 heteroatoms. The molecule has 0 saturated carbocycles. The minimum atomic E-state index is 0.680. The normalized spacial score (nSPS) is 10.6. The lowest BCUT2D eigenvalue weighted by Crippen LogP contribution is -1.84. The molecule has 0 atom stereocenters. The predicted molar refractivity (Wildman–Crippen MR) is 75.7 cm³/mol. The largest absolute Gasteiger partial charge is 0.497 e. The van der Waals surface area contributed by atoms with Gasteiger partial charge in [0.2, 0.25) is 0 Å². The van der Waals surface area contributed by atoms with E-state index in [-0.39, 0.29) is 0 Å². The maximum absolute atomic E-state index is 11.0. The van der Waals surface area contributed by atoms with E-state index >= 15 is 0 Å². The molecule has 1 aromatic heterocycles. The van der Waals surface area contributed by atoms with Crippen LogP contribution in [0.4, 0.5) is 0 Å². The summed E-state index contributed by atoms with van der Waals surface area (Å²) in [5.41, 5.74) is 3.78. The highest BCUT2D eigenvalue weighted by Crippen LogP contribution is 2.27. The van der Waals surface area contributed by atoms with E-state index in [1.165, 1.54) is 0 Å². The molecule has 94 valence electrons. The number of carbonyl (C=O) groups is 1. The molecule has 0 aliphatic heterocycles. The molecule has 3 rings (SSSR count). The Bertz CT molecular complexity index is 743. The van der Waals surface area contributed by atoms with Crippen molar-refractivity contribution < 1.29 is 9.53 Å². The van der Waals surface area contributed by atoms with Gasteiger partial charge in [-0.25, -0.2) is 0 Å². The lowest BCUT2D eigenvalue weighted by atomic mass is 10.0. The van der Waals surface area contributed by atoms with Crippen LogP contribution in [-0.2, 0) is 0 Å². The van der Waals surface area contributed by atoms with Crippen LogP contribution in [0, 0.1) is 0 Å². The first-order valence-corrected chi connectivity index (χ1v) is 6.02. The number of aromatic nitrogens is 1. The number of carbonyl (C=O) groups excluding carboxylic acids is 1. The molecule has 1 N–H and O–H groups in total. The van der Waals surface area contributed by atoms with Crippen LogP contribution < -0.4 is 4.74 Å². The Labute approximate surface area is 110 Å². The van der Waals surface area contributed by atoms with E-state index in [0.717, 1.165) is 34.1 Å². The Morgan fingerprint density at radius 1 is 1.11 bits per heavy atom. The van der Waals surface area contributed by atoms with Crippen molar-refractivity contribution in [2.75, 3.05) is 7.11 Å². The summed E-state index contributed by atoms with van der Waals surface area (Å²) in [6, 6.07) is 13.9. The second-order valence-corrected chi connectivity index (χ2v) is 4.35. The number of benzene rings is 2. The van der Waals surface area contributed by atoms with Crippen molar-refractivity contribution in [1.82, 2.24) is 4.98 Å². The van der Waals surface area contributed by atoms with E-state index in [0.29, 0.717) is 5.56 Å². The van der Waals surface area contributed by atoms with Gasteiger partial charge < -0.3 is 9.72 Å². The number of fused-ring (bicyclic) bond motifs is 1. The number of nitrogens with one attached hydrogen (secondary N) is 1. The van der Waals surface area contributed by atoms with Gasteiger partial charge in [0, 0.05) is 22.7 Å². The third kappa shape index (κ3) is 1.99. The van der Waals surface area contributed by atoms with Crippen LogP contribution >= 0.6 is 0 Å². The summed E-state index contributed by atoms with van der Waals surface area (Å²) < 4.78 is 5.23. The summed E-state index contributed by atoms with van der Waals surface area (Å²) in [4.78, 5) is 14.1. The van der Waals surface area contributed by atoms with Crippen molar-refractivity contribution in [3.05, 3.63) is 54.2 Å². The maximum Gasteiger partial charge on any atom is 0.152 e. The van der Waals surface area contributed by atoms with E-state index in [9.17, 15) is 4.79 Å². The van der Waals surface area contributed by atoms with Gasteiger partial charge in [-0.05, 0) is 35.4 Å². The molecule has 0 radical (unpaired) electrons. The van der Waals surface area contributed by atoms with Crippen LogP contribution in [0.2, 0.25) is 0 Å². The van der Waals surface area contributed by atoms with Gasteiger partial charge in [-0.3, -0.25) is 4.79 Å². The van der Waals surface area contributed by atoms with Crippen LogP contribution in [0.1, 0.15) is 10.4 Å². The Balaban J connectivity index is 2.16. The molecule has 0 amide bonds. The van der Waals surface area contributed by atoms with Gasteiger partial charge >= 0.3 is 0 Å². The smallest absolute Gasteiger partial charge is 0.152 e. The first-order chi connectivity index (χ1) is 9.31. The molecule has 0 aliphatic rings. The minimum absolute atomic E-state index is 0.680. The molecule has 1 heterocycles. The molecule has 0 fully saturated rings. The number of rotatable bonds is 3. The third-order valence-corrected chi connectivity index (χ3v) is 3.24. The molecule has 3 aromatic rings. The average Bonchev–Trinajstić information content (AvgIpc) is 2.89. The van der Waals surface area contributed by atoms with Crippen molar-refractivity contribution in [3.63, 3.8) is 0 Å². The van der Waals surface area contributed by atoms with Crippen LogP contribution in [0.3, 0.4) is 0 Å². The summed E-state index contributed by atoms with van der Waals surface area (Å²) >= 11 is 0. The number of hydrogen-bond acceptors (Lipinski definition) is 2. The standard InChI is InChI=1S/C16H13NO2/c1-19-14-4-2-3-11(7-14)12-5-6-16-15(8-12)13(10-18)9-17-16/h2-10,17H,1H3. The number of aldehydes is 1. The summed E-state index contributed by atoms with van der Waals surface area (Å²) in [6.45, 7) is 0. The first-order valence-electron chi connectivity index (χ1n) is 6.02. The van der Waals surface area contributed by atoms with Crippen LogP contribution in [0.5, 0.6) is 5.75 Å². The number of aromatic amines is 1. The van der Waals surface area contributed by atoms with Crippen LogP contribution in [0.15, 0.2) is 48.7 Å². The van der Waals surface area contributed by atoms with Crippen molar-refractivity contribution in [3.8, 4) is 16.9 Å². The molecule has 0 saturated heterocycles. The van der Waals surface area contributed by atoms with Gasteiger partial charge in [0.05, 0.1) is 7.11 Å². The molecule has 3 nitrogen and oxygen atoms in total. The number of H-pyrrole nitrogens is 1. The fraction of sp³-hybridized carbons (Fsp3) is 0.0625. The SMILES string of the molecule is COc1cccc(-c2ccc3[nH]cc(C=O)c3c2)c1. The van der Waals surface area contributed by atoms with Crippen molar-refractivity contribution in [2.45, 2.75) is 0 Å². The fourth-order valence-electron chi connectivity index (χ4n) is 2.22. The van der Waals surface area contributed by atoms with Gasteiger partial charge in [0.25, 0.3) is 0 Å². The minimum Gasteiger partial charge on any atom is -0.497 e. The number of methoxy groups -OCH3 is 1. The van der Waals surface area contributed by atoms with Crippen molar-refractivity contribution in [1.29, 1.82) is 0 Å². The molecule has 0 unspecified atom stereocenters. The van der Waals surface area contributed by atoms with Crippen LogP contribution in [0.25, 0.3) is 22.0 Å². The highest BCUT2D eigenvalue weighted by Gasteiger charge is 2.05. The summed E-state index contributed by atoms with van der Waals surface area (Å²) in [7, 11) is 1.65. The topological polar surface area (TPSA) is 42.1 Å². The molecule has 0 bridgehead atoms. The Hall–Kier alpha value is -2.55. The monoisotopic (exact) mass is 251 g/mol. The predicted octanol–water partition coefficient (Wildman–Crippen LogP) is 3.66. The van der Waals surface area contributed by atoms with Crippen LogP contribution in [-0.4, -0.2) is 18.4 Å². The Morgan fingerprint density at radius 3 is 2.74 bits per heavy atom. The lowest BCUT2D eigenvalue weighted by molar-refractivity contribution is 0.112. The van der Waals surface area contributed by atoms with Gasteiger partial charge in [0.1, 0.15) is 5.75 Å². The fourth-order valence-corrected chi connectivity index (χ4v) is 2.22. The number of hydrogen-bond donors (Lipinski definition) is 1. The zero-order valence-electron chi connectivity index (χ0n) is 10.5. The lowest BCUT2D eigenvalue weighted by Gasteiger charge is -2.05. The number of ether oxygens (including phenoxy) is 1. The molecule has 19 heavy (non-hydrogen) atoms. The van der Waals surface area contributed by atoms with E-state index < -0.39 is 0 Å². The molecule has 0 aliphatic carbocycles. The van der Waals surface area contributed by atoms with E-state index in [4.69, 9.17) is 4.74 Å². The average molecular weight is 251 g/mol. The molecular weight excluding hydrogens is 238 g/mol. The Morgan fingerprint density at radius 2 is 1.95 bits per heavy atom. The molecule has 2 aromatic carbocycles. The van der Waals surface area contributed by atoms with Gasteiger partial charge in [0.15, 0.2) is 6.29 Å². The zero-order valence-corrected chi connectivity index (χ0v) is 10.5. The maximum atomic E-state index is 11.0. The van der Waals surface area contributed by atoms with Gasteiger partial charge in [-0.15, -0.1) is 0 Å². The van der Waals surface area contributed by atoms with Gasteiger partial charge in [-0.1, -0.05) is 18.2 Å². The summed E-state index contributed by atoms with van der Waals surface area (Å²) in [6.07, 6.45) is 2.60. The first kappa shape index (κ1) is 11.5. The summed E-state index contributed by atoms with van der Waals surface area (Å²) in [5, 5.41) is 0.940. The van der Waals surface area contributed by atoms with Crippen molar-refractivity contribution in [2.24, 2.45) is 0 Å². The van der Waals surface area contributed by atoms with Gasteiger partial charge in [-0.2, -0.15) is 0 Å². The van der Waals surface area contributed by atoms with E-state index in [1.807, 2.05) is 42.5 Å². The quantitative estimate of drug-likeness (QED) is 0.722. The third-order valence-electron chi connectivity index (χ3n) is 3.24. The highest BCUT2D eigenvalue weighted by molar-refractivity contribution is 5.99. The summed E-state index contributed by atoms with van der Waals surface area (Å²) in [5.74, 6) is 0.822. The second kappa shape index (κ2) is 4.61. The zero-order chi connectivity index (χ0) is 13.2. The molecule has 0 spiro atoms. The highest BCUT2D eigenvalue weighted by atomic mass is 16.5. The van der Waals surface area contributed by atoms with E-state index in [1.54, 1.807) is 13.3 Å². The molecular formula is C16H13NO2. The van der Waals surface area contributed by atoms with Crippen molar-refractivity contribution >= 4 is 17.2 Å².